The van der Waals surface area contributed by atoms with E-state index in [9.17, 15) is 10.2 Å². The van der Waals surface area contributed by atoms with E-state index in [2.05, 4.69) is 15.9 Å². The predicted octanol–water partition coefficient (Wildman–Crippen LogP) is 1.46. The topological polar surface area (TPSA) is 75.7 Å². The minimum atomic E-state index is -0.795. The third kappa shape index (κ3) is 2.25. The van der Waals surface area contributed by atoms with Gasteiger partial charge in [-0.1, -0.05) is 0 Å². The average Bonchev–Trinajstić information content (AvgIpc) is 2.23. The molecule has 1 aromatic rings. The van der Waals surface area contributed by atoms with Crippen molar-refractivity contribution in [3.63, 3.8) is 0 Å². The Morgan fingerprint density at radius 2 is 2.20 bits per heavy atom. The molecule has 1 unspecified atom stereocenters. The predicted molar refractivity (Wildman–Crippen MR) is 61.1 cm³/mol. The minimum Gasteiger partial charge on any atom is -0.503 e. The van der Waals surface area contributed by atoms with Gasteiger partial charge >= 0.3 is 0 Å². The van der Waals surface area contributed by atoms with E-state index < -0.39 is 6.10 Å². The van der Waals surface area contributed by atoms with Gasteiger partial charge in [0.15, 0.2) is 11.5 Å². The first kappa shape index (κ1) is 12.3. The molecule has 15 heavy (non-hydrogen) atoms. The molecule has 84 valence electrons. The van der Waals surface area contributed by atoms with Crippen LogP contribution in [0.25, 0.3) is 0 Å². The molecule has 0 saturated carbocycles. The van der Waals surface area contributed by atoms with Gasteiger partial charge in [0.2, 0.25) is 0 Å². The van der Waals surface area contributed by atoms with E-state index in [0.717, 1.165) is 5.56 Å². The number of benzene rings is 1. The Morgan fingerprint density at radius 3 is 2.67 bits per heavy atom. The van der Waals surface area contributed by atoms with Crippen molar-refractivity contribution in [2.45, 2.75) is 13.0 Å². The van der Waals surface area contributed by atoms with Crippen LogP contribution in [-0.2, 0) is 0 Å². The lowest BCUT2D eigenvalue weighted by Crippen LogP contribution is -2.13. The number of nitrogens with two attached hydrogens (primary N) is 1. The number of hydrogen-bond donors (Lipinski definition) is 3. The van der Waals surface area contributed by atoms with Gasteiger partial charge in [0.25, 0.3) is 0 Å². The van der Waals surface area contributed by atoms with Crippen molar-refractivity contribution >= 4 is 15.9 Å². The van der Waals surface area contributed by atoms with Crippen LogP contribution in [0.1, 0.15) is 17.2 Å². The van der Waals surface area contributed by atoms with Crippen molar-refractivity contribution < 1.29 is 14.9 Å². The van der Waals surface area contributed by atoms with Crippen LogP contribution in [0.2, 0.25) is 0 Å². The van der Waals surface area contributed by atoms with Gasteiger partial charge in [-0.05, 0) is 34.5 Å². The summed E-state index contributed by atoms with van der Waals surface area (Å²) >= 11 is 3.22. The molecular weight excluding hydrogens is 262 g/mol. The number of aliphatic hydroxyl groups is 1. The molecule has 0 amide bonds. The molecule has 1 atom stereocenters. The van der Waals surface area contributed by atoms with E-state index >= 15 is 0 Å². The number of rotatable bonds is 3. The average molecular weight is 276 g/mol. The van der Waals surface area contributed by atoms with Crippen molar-refractivity contribution in [3.05, 3.63) is 21.7 Å². The number of phenolic OH excluding ortho intramolecular Hbond substituents is 1. The summed E-state index contributed by atoms with van der Waals surface area (Å²) in [7, 11) is 1.47. The molecule has 0 bridgehead atoms. The van der Waals surface area contributed by atoms with E-state index in [-0.39, 0.29) is 12.3 Å². The second kappa shape index (κ2) is 4.83. The SMILES string of the molecule is COc1cc(C)c(C(O)CN)c(Br)c1O. The molecule has 4 nitrogen and oxygen atoms in total. The Kier molecular flexibility index (Phi) is 3.96. The monoisotopic (exact) mass is 275 g/mol. The highest BCUT2D eigenvalue weighted by Gasteiger charge is 2.19. The molecule has 1 rings (SSSR count). The zero-order valence-electron chi connectivity index (χ0n) is 8.62. The molecule has 0 aliphatic heterocycles. The van der Waals surface area contributed by atoms with E-state index in [1.807, 2.05) is 6.92 Å². The molecule has 0 aromatic heterocycles. The Labute approximate surface area is 96.8 Å². The molecule has 5 heteroatoms. The van der Waals surface area contributed by atoms with Crippen molar-refractivity contribution in [1.82, 2.24) is 0 Å². The van der Waals surface area contributed by atoms with Crippen molar-refractivity contribution in [2.75, 3.05) is 13.7 Å². The van der Waals surface area contributed by atoms with Gasteiger partial charge in [0.1, 0.15) is 0 Å². The molecule has 1 aromatic carbocycles. The maximum atomic E-state index is 9.72. The zero-order chi connectivity index (χ0) is 11.6. The standard InChI is InChI=1S/C10H14BrNO3/c1-5-3-7(15-2)10(14)9(11)8(5)6(13)4-12/h3,6,13-14H,4,12H2,1-2H3. The summed E-state index contributed by atoms with van der Waals surface area (Å²) in [6.45, 7) is 1.92. The quantitative estimate of drug-likeness (QED) is 0.781. The summed E-state index contributed by atoms with van der Waals surface area (Å²) in [5.74, 6) is 0.345. The first-order chi connectivity index (χ1) is 7.02. The van der Waals surface area contributed by atoms with Gasteiger partial charge in [0, 0.05) is 12.1 Å². The van der Waals surface area contributed by atoms with Crippen molar-refractivity contribution in [2.24, 2.45) is 5.73 Å². The zero-order valence-corrected chi connectivity index (χ0v) is 10.2. The van der Waals surface area contributed by atoms with Crippen LogP contribution in [-0.4, -0.2) is 23.9 Å². The summed E-state index contributed by atoms with van der Waals surface area (Å²) in [5.41, 5.74) is 6.79. The Bertz CT molecular complexity index is 368. The summed E-state index contributed by atoms with van der Waals surface area (Å²) in [5, 5.41) is 19.4. The van der Waals surface area contributed by atoms with E-state index in [4.69, 9.17) is 10.5 Å². The third-order valence-electron chi connectivity index (χ3n) is 2.23. The summed E-state index contributed by atoms with van der Waals surface area (Å²) < 4.78 is 5.41. The van der Waals surface area contributed by atoms with Gasteiger partial charge < -0.3 is 20.7 Å². The van der Waals surface area contributed by atoms with Crippen LogP contribution in [0.5, 0.6) is 11.5 Å². The fraction of sp³-hybridized carbons (Fsp3) is 0.400. The molecule has 0 saturated heterocycles. The fourth-order valence-corrected chi connectivity index (χ4v) is 2.21. The van der Waals surface area contributed by atoms with Crippen LogP contribution in [0.3, 0.4) is 0 Å². The second-order valence-electron chi connectivity index (χ2n) is 3.22. The number of aromatic hydroxyl groups is 1. The molecule has 0 heterocycles. The van der Waals surface area contributed by atoms with Gasteiger partial charge in [-0.25, -0.2) is 0 Å². The van der Waals surface area contributed by atoms with Gasteiger partial charge in [-0.2, -0.15) is 0 Å². The molecule has 0 fully saturated rings. The summed E-state index contributed by atoms with van der Waals surface area (Å²) in [6.07, 6.45) is -0.795. The molecule has 0 radical (unpaired) electrons. The second-order valence-corrected chi connectivity index (χ2v) is 4.02. The Balaban J connectivity index is 3.35. The first-order valence-corrected chi connectivity index (χ1v) is 5.26. The minimum absolute atomic E-state index is 0.0226. The summed E-state index contributed by atoms with van der Waals surface area (Å²) in [6, 6.07) is 1.66. The number of aliphatic hydroxyl groups excluding tert-OH is 1. The van der Waals surface area contributed by atoms with Gasteiger partial charge in [-0.15, -0.1) is 0 Å². The maximum Gasteiger partial charge on any atom is 0.172 e. The molecule has 4 N–H and O–H groups in total. The number of halogens is 1. The number of methoxy groups -OCH3 is 1. The van der Waals surface area contributed by atoms with Crippen molar-refractivity contribution in [1.29, 1.82) is 0 Å². The van der Waals surface area contributed by atoms with Crippen LogP contribution in [0, 0.1) is 6.92 Å². The lowest BCUT2D eigenvalue weighted by molar-refractivity contribution is 0.184. The number of ether oxygens (including phenoxy) is 1. The lowest BCUT2D eigenvalue weighted by Gasteiger charge is -2.16. The Morgan fingerprint density at radius 1 is 1.60 bits per heavy atom. The highest BCUT2D eigenvalue weighted by molar-refractivity contribution is 9.10. The Hall–Kier alpha value is -0.780. The van der Waals surface area contributed by atoms with Gasteiger partial charge in [0.05, 0.1) is 17.7 Å². The fourth-order valence-electron chi connectivity index (χ4n) is 1.43. The van der Waals surface area contributed by atoms with Gasteiger partial charge in [-0.3, -0.25) is 0 Å². The normalized spacial score (nSPS) is 12.6. The van der Waals surface area contributed by atoms with E-state index in [1.54, 1.807) is 6.07 Å². The van der Waals surface area contributed by atoms with E-state index in [1.165, 1.54) is 7.11 Å². The van der Waals surface area contributed by atoms with E-state index in [0.29, 0.717) is 15.8 Å². The number of phenols is 1. The smallest absolute Gasteiger partial charge is 0.172 e. The number of hydrogen-bond acceptors (Lipinski definition) is 4. The van der Waals surface area contributed by atoms with Crippen LogP contribution >= 0.6 is 15.9 Å². The summed E-state index contributed by atoms with van der Waals surface area (Å²) in [4.78, 5) is 0. The molecule has 0 aliphatic rings. The largest absolute Gasteiger partial charge is 0.503 e. The number of aryl methyl sites for hydroxylation is 1. The maximum absolute atomic E-state index is 9.72. The lowest BCUT2D eigenvalue weighted by atomic mass is 10.0. The van der Waals surface area contributed by atoms with Crippen LogP contribution < -0.4 is 10.5 Å². The highest BCUT2D eigenvalue weighted by atomic mass is 79.9. The van der Waals surface area contributed by atoms with Crippen LogP contribution in [0.4, 0.5) is 0 Å². The molecular formula is C10H14BrNO3. The first-order valence-electron chi connectivity index (χ1n) is 4.47. The molecule has 0 spiro atoms. The highest BCUT2D eigenvalue weighted by Crippen LogP contribution is 2.40. The van der Waals surface area contributed by atoms with Crippen molar-refractivity contribution in [3.8, 4) is 11.5 Å². The van der Waals surface area contributed by atoms with Crippen LogP contribution in [0.15, 0.2) is 10.5 Å². The third-order valence-corrected chi connectivity index (χ3v) is 3.03. The molecule has 0 aliphatic carbocycles.